The largest absolute Gasteiger partial charge is 0.338 e. The van der Waals surface area contributed by atoms with Crippen LogP contribution < -0.4 is 10.6 Å². The summed E-state index contributed by atoms with van der Waals surface area (Å²) in [4.78, 5) is 24.8. The first-order valence-corrected chi connectivity index (χ1v) is 6.57. The summed E-state index contributed by atoms with van der Waals surface area (Å²) in [6.07, 6.45) is 1.04. The highest BCUT2D eigenvalue weighted by molar-refractivity contribution is 5.95. The molecule has 18 heavy (non-hydrogen) atoms. The lowest BCUT2D eigenvalue weighted by atomic mass is 10.1. The molecule has 5 heteroatoms. The van der Waals surface area contributed by atoms with E-state index in [1.54, 1.807) is 0 Å². The fourth-order valence-corrected chi connectivity index (χ4v) is 1.31. The van der Waals surface area contributed by atoms with Crippen LogP contribution in [0, 0.1) is 11.8 Å². The Morgan fingerprint density at radius 1 is 1.11 bits per heavy atom. The maximum absolute atomic E-state index is 11.5. The van der Waals surface area contributed by atoms with Crippen molar-refractivity contribution in [2.24, 2.45) is 11.8 Å². The summed E-state index contributed by atoms with van der Waals surface area (Å²) < 4.78 is 0. The molecule has 0 aromatic rings. The van der Waals surface area contributed by atoms with Gasteiger partial charge in [0.2, 0.25) is 5.91 Å². The van der Waals surface area contributed by atoms with Crippen molar-refractivity contribution >= 4 is 11.9 Å². The van der Waals surface area contributed by atoms with E-state index < -0.39 is 6.03 Å². The van der Waals surface area contributed by atoms with Crippen LogP contribution in [0.2, 0.25) is 0 Å². The lowest BCUT2D eigenvalue weighted by Gasteiger charge is -2.17. The summed E-state index contributed by atoms with van der Waals surface area (Å²) in [6, 6.07) is -0.411. The summed E-state index contributed by atoms with van der Waals surface area (Å²) in [5.74, 6) is 0.729. The van der Waals surface area contributed by atoms with Crippen molar-refractivity contribution in [3.63, 3.8) is 0 Å². The maximum atomic E-state index is 11.5. The second kappa shape index (κ2) is 8.91. The zero-order chi connectivity index (χ0) is 14.1. The first-order valence-electron chi connectivity index (χ1n) is 6.57. The number of hydrogen-bond acceptors (Lipinski definition) is 3. The molecular weight excluding hydrogens is 230 g/mol. The highest BCUT2D eigenvalue weighted by Crippen LogP contribution is 1.99. The van der Waals surface area contributed by atoms with Gasteiger partial charge in [-0.05, 0) is 31.8 Å². The van der Waals surface area contributed by atoms with E-state index in [4.69, 9.17) is 0 Å². The molecule has 0 rings (SSSR count). The number of carbonyl (C=O) groups is 2. The molecule has 0 heterocycles. The zero-order valence-corrected chi connectivity index (χ0v) is 12.2. The van der Waals surface area contributed by atoms with Gasteiger partial charge in [-0.2, -0.15) is 0 Å². The zero-order valence-electron chi connectivity index (χ0n) is 12.2. The van der Waals surface area contributed by atoms with Crippen molar-refractivity contribution in [3.8, 4) is 0 Å². The second-order valence-corrected chi connectivity index (χ2v) is 5.57. The number of rotatable bonds is 7. The molecule has 0 spiro atoms. The summed E-state index contributed by atoms with van der Waals surface area (Å²) in [5.41, 5.74) is 0. The molecule has 106 valence electrons. The average molecular weight is 257 g/mol. The van der Waals surface area contributed by atoms with E-state index in [0.717, 1.165) is 13.0 Å². The highest BCUT2D eigenvalue weighted by atomic mass is 16.2. The molecule has 0 bridgehead atoms. The SMILES string of the molecule is CC(C)CCN(C)CC(=O)NC(=O)NCC(C)C. The summed E-state index contributed by atoms with van der Waals surface area (Å²) in [5, 5.41) is 4.97. The van der Waals surface area contributed by atoms with Gasteiger partial charge in [0, 0.05) is 6.54 Å². The number of carbonyl (C=O) groups excluding carboxylic acids is 2. The Labute approximate surface area is 110 Å². The van der Waals surface area contributed by atoms with E-state index in [2.05, 4.69) is 24.5 Å². The predicted octanol–water partition coefficient (Wildman–Crippen LogP) is 1.45. The second-order valence-electron chi connectivity index (χ2n) is 5.57. The Bertz CT molecular complexity index is 265. The van der Waals surface area contributed by atoms with Crippen LogP contribution in [0.5, 0.6) is 0 Å². The molecular formula is C13H27N3O2. The highest BCUT2D eigenvalue weighted by Gasteiger charge is 2.10. The fraction of sp³-hybridized carbons (Fsp3) is 0.846. The van der Waals surface area contributed by atoms with Crippen LogP contribution in [0.4, 0.5) is 4.79 Å². The Morgan fingerprint density at radius 2 is 1.72 bits per heavy atom. The minimum absolute atomic E-state index is 0.252. The number of nitrogens with one attached hydrogen (secondary N) is 2. The molecule has 0 aliphatic heterocycles. The number of likely N-dealkylation sites (N-methyl/N-ethyl adjacent to an activating group) is 1. The average Bonchev–Trinajstić information content (AvgIpc) is 2.23. The standard InChI is InChI=1S/C13H27N3O2/c1-10(2)6-7-16(5)9-12(17)15-13(18)14-8-11(3)4/h10-11H,6-9H2,1-5H3,(H2,14,15,17,18). The topological polar surface area (TPSA) is 61.4 Å². The van der Waals surface area contributed by atoms with Gasteiger partial charge in [0.1, 0.15) is 0 Å². The number of imide groups is 1. The van der Waals surface area contributed by atoms with E-state index in [9.17, 15) is 9.59 Å². The van der Waals surface area contributed by atoms with Crippen LogP contribution >= 0.6 is 0 Å². The quantitative estimate of drug-likeness (QED) is 0.725. The first-order chi connectivity index (χ1) is 8.31. The molecule has 0 aliphatic carbocycles. The van der Waals surface area contributed by atoms with Crippen molar-refractivity contribution in [1.29, 1.82) is 0 Å². The van der Waals surface area contributed by atoms with Crippen molar-refractivity contribution < 1.29 is 9.59 Å². The van der Waals surface area contributed by atoms with E-state index in [1.165, 1.54) is 0 Å². The van der Waals surface area contributed by atoms with E-state index in [0.29, 0.717) is 18.4 Å². The molecule has 5 nitrogen and oxygen atoms in total. The maximum Gasteiger partial charge on any atom is 0.321 e. The summed E-state index contributed by atoms with van der Waals surface area (Å²) in [7, 11) is 1.88. The molecule has 0 fully saturated rings. The van der Waals surface area contributed by atoms with Crippen LogP contribution in [0.3, 0.4) is 0 Å². The van der Waals surface area contributed by atoms with Crippen LogP contribution in [0.15, 0.2) is 0 Å². The van der Waals surface area contributed by atoms with Gasteiger partial charge in [0.05, 0.1) is 6.54 Å². The molecule has 2 N–H and O–H groups in total. The van der Waals surface area contributed by atoms with Gasteiger partial charge < -0.3 is 5.32 Å². The fourth-order valence-electron chi connectivity index (χ4n) is 1.31. The number of urea groups is 1. The van der Waals surface area contributed by atoms with Gasteiger partial charge in [0.15, 0.2) is 0 Å². The first kappa shape index (κ1) is 16.9. The van der Waals surface area contributed by atoms with Gasteiger partial charge in [-0.15, -0.1) is 0 Å². The molecule has 0 aromatic carbocycles. The van der Waals surface area contributed by atoms with Crippen LogP contribution in [0.1, 0.15) is 34.1 Å². The number of amides is 3. The summed E-state index contributed by atoms with van der Waals surface area (Å²) >= 11 is 0. The van der Waals surface area contributed by atoms with Gasteiger partial charge in [-0.1, -0.05) is 27.7 Å². The van der Waals surface area contributed by atoms with Crippen molar-refractivity contribution in [2.75, 3.05) is 26.7 Å². The third-order valence-corrected chi connectivity index (χ3v) is 2.43. The minimum atomic E-state index is -0.411. The molecule has 0 aliphatic rings. The van der Waals surface area contributed by atoms with E-state index >= 15 is 0 Å². The normalized spacial score (nSPS) is 11.1. The van der Waals surface area contributed by atoms with Crippen molar-refractivity contribution in [3.05, 3.63) is 0 Å². The Kier molecular flexibility index (Phi) is 8.37. The summed E-state index contributed by atoms with van der Waals surface area (Å²) in [6.45, 7) is 9.98. The molecule has 0 saturated heterocycles. The van der Waals surface area contributed by atoms with Crippen LogP contribution in [-0.4, -0.2) is 43.5 Å². The molecule has 0 saturated carbocycles. The van der Waals surface area contributed by atoms with Gasteiger partial charge in [-0.3, -0.25) is 15.0 Å². The van der Waals surface area contributed by atoms with Crippen molar-refractivity contribution in [2.45, 2.75) is 34.1 Å². The molecule has 0 unspecified atom stereocenters. The smallest absolute Gasteiger partial charge is 0.321 e. The molecule has 0 radical (unpaired) electrons. The van der Waals surface area contributed by atoms with Gasteiger partial charge in [0.25, 0.3) is 0 Å². The van der Waals surface area contributed by atoms with Gasteiger partial charge in [-0.25, -0.2) is 4.79 Å². The van der Waals surface area contributed by atoms with E-state index in [-0.39, 0.29) is 12.5 Å². The Morgan fingerprint density at radius 3 is 2.22 bits per heavy atom. The number of nitrogens with zero attached hydrogens (tertiary/aromatic N) is 1. The molecule has 0 atom stereocenters. The minimum Gasteiger partial charge on any atom is -0.338 e. The van der Waals surface area contributed by atoms with E-state index in [1.807, 2.05) is 25.8 Å². The van der Waals surface area contributed by atoms with Gasteiger partial charge >= 0.3 is 6.03 Å². The van der Waals surface area contributed by atoms with Crippen molar-refractivity contribution in [1.82, 2.24) is 15.5 Å². The Balaban J connectivity index is 3.78. The lowest BCUT2D eigenvalue weighted by molar-refractivity contribution is -0.120. The third-order valence-electron chi connectivity index (χ3n) is 2.43. The number of hydrogen-bond donors (Lipinski definition) is 2. The monoisotopic (exact) mass is 257 g/mol. The molecule has 3 amide bonds. The third kappa shape index (κ3) is 10.1. The Hall–Kier alpha value is -1.10. The van der Waals surface area contributed by atoms with Crippen LogP contribution in [-0.2, 0) is 4.79 Å². The van der Waals surface area contributed by atoms with Crippen LogP contribution in [0.25, 0.3) is 0 Å². The lowest BCUT2D eigenvalue weighted by Crippen LogP contribution is -2.44. The molecule has 0 aromatic heterocycles. The predicted molar refractivity (Wildman–Crippen MR) is 73.3 cm³/mol.